The second kappa shape index (κ2) is 8.84. The number of carbonyl (C=O) groups excluding carboxylic acids is 2. The molecule has 0 saturated heterocycles. The molecule has 0 bridgehead atoms. The molecule has 162 valence electrons. The van der Waals surface area contributed by atoms with Crippen molar-refractivity contribution >= 4 is 66.3 Å². The summed E-state index contributed by atoms with van der Waals surface area (Å²) < 4.78 is 6.91. The molecule has 2 aliphatic heterocycles. The van der Waals surface area contributed by atoms with Gasteiger partial charge in [0.2, 0.25) is 5.91 Å². The molecule has 7 nitrogen and oxygen atoms in total. The summed E-state index contributed by atoms with van der Waals surface area (Å²) in [6.07, 6.45) is 1.55. The minimum atomic E-state index is -0.655. The zero-order valence-corrected chi connectivity index (χ0v) is 21.0. The SMILES string of the molecule is CCC(=O)N1c2ccccc2[C@H]2C(=O)NC(SC)=NN2[C@@H]1c1cc(Br)c(OC)c(Br)c1. The van der Waals surface area contributed by atoms with Crippen LogP contribution in [0.4, 0.5) is 5.69 Å². The third-order valence-electron chi connectivity index (χ3n) is 5.22. The van der Waals surface area contributed by atoms with E-state index in [4.69, 9.17) is 9.84 Å². The number of methoxy groups -OCH3 is 1. The number of anilines is 1. The van der Waals surface area contributed by atoms with E-state index in [1.54, 1.807) is 17.0 Å². The van der Waals surface area contributed by atoms with E-state index < -0.39 is 12.2 Å². The molecule has 2 amide bonds. The Kier molecular flexibility index (Phi) is 6.32. The van der Waals surface area contributed by atoms with Crippen LogP contribution >= 0.6 is 43.6 Å². The van der Waals surface area contributed by atoms with Gasteiger partial charge in [-0.25, -0.2) is 0 Å². The fourth-order valence-corrected chi connectivity index (χ4v) is 5.83. The van der Waals surface area contributed by atoms with Gasteiger partial charge in [-0.1, -0.05) is 36.9 Å². The van der Waals surface area contributed by atoms with Crippen LogP contribution in [-0.2, 0) is 9.59 Å². The van der Waals surface area contributed by atoms with Crippen LogP contribution in [-0.4, -0.2) is 35.4 Å². The normalized spacial score (nSPS) is 19.9. The number of hydrazone groups is 1. The highest BCUT2D eigenvalue weighted by Gasteiger charge is 2.47. The first-order valence-corrected chi connectivity index (χ1v) is 12.4. The van der Waals surface area contributed by atoms with Crippen molar-refractivity contribution in [1.82, 2.24) is 10.3 Å². The van der Waals surface area contributed by atoms with E-state index in [1.165, 1.54) is 11.8 Å². The van der Waals surface area contributed by atoms with Crippen LogP contribution in [0.5, 0.6) is 5.75 Å². The number of benzene rings is 2. The van der Waals surface area contributed by atoms with Crippen LogP contribution < -0.4 is 15.0 Å². The number of ether oxygens (including phenoxy) is 1. The summed E-state index contributed by atoms with van der Waals surface area (Å²) >= 11 is 8.47. The maximum absolute atomic E-state index is 13.2. The Balaban J connectivity index is 2.00. The number of fused-ring (bicyclic) bond motifs is 3. The number of para-hydroxylation sites is 1. The topological polar surface area (TPSA) is 74.2 Å². The van der Waals surface area contributed by atoms with Gasteiger partial charge in [-0.15, -0.1) is 5.10 Å². The van der Waals surface area contributed by atoms with E-state index in [0.29, 0.717) is 23.0 Å². The summed E-state index contributed by atoms with van der Waals surface area (Å²) in [6.45, 7) is 1.83. The molecule has 0 aliphatic carbocycles. The fourth-order valence-electron chi connectivity index (χ4n) is 3.91. The third kappa shape index (κ3) is 3.74. The first-order valence-electron chi connectivity index (χ1n) is 9.57. The summed E-state index contributed by atoms with van der Waals surface area (Å²) in [7, 11) is 1.59. The number of amidine groups is 1. The average Bonchev–Trinajstić information content (AvgIpc) is 2.76. The predicted molar refractivity (Wildman–Crippen MR) is 129 cm³/mol. The molecule has 0 radical (unpaired) electrons. The largest absolute Gasteiger partial charge is 0.494 e. The molecule has 4 rings (SSSR count). The summed E-state index contributed by atoms with van der Waals surface area (Å²) in [5.74, 6) is 0.410. The minimum Gasteiger partial charge on any atom is -0.494 e. The van der Waals surface area contributed by atoms with Gasteiger partial charge in [0.05, 0.1) is 21.7 Å². The molecule has 2 aromatic rings. The van der Waals surface area contributed by atoms with Gasteiger partial charge in [0.15, 0.2) is 17.4 Å². The number of hydrogen-bond donors (Lipinski definition) is 1. The Morgan fingerprint density at radius 2 is 1.94 bits per heavy atom. The lowest BCUT2D eigenvalue weighted by atomic mass is 9.95. The van der Waals surface area contributed by atoms with Gasteiger partial charge in [0, 0.05) is 12.0 Å². The van der Waals surface area contributed by atoms with E-state index in [1.807, 2.05) is 49.6 Å². The highest BCUT2D eigenvalue weighted by atomic mass is 79.9. The summed E-state index contributed by atoms with van der Waals surface area (Å²) in [5.41, 5.74) is 2.25. The number of hydrogen-bond acceptors (Lipinski definition) is 6. The first kappa shape index (κ1) is 22.2. The lowest BCUT2D eigenvalue weighted by Gasteiger charge is -2.48. The van der Waals surface area contributed by atoms with Crippen molar-refractivity contribution in [1.29, 1.82) is 0 Å². The van der Waals surface area contributed by atoms with Gasteiger partial charge in [-0.05, 0) is 61.9 Å². The Bertz CT molecular complexity index is 1070. The van der Waals surface area contributed by atoms with Crippen LogP contribution in [0, 0.1) is 0 Å². The van der Waals surface area contributed by atoms with E-state index in [0.717, 1.165) is 20.1 Å². The van der Waals surface area contributed by atoms with Gasteiger partial charge < -0.3 is 10.1 Å². The highest BCUT2D eigenvalue weighted by Crippen LogP contribution is 2.48. The molecule has 0 saturated carbocycles. The van der Waals surface area contributed by atoms with E-state index >= 15 is 0 Å². The monoisotopic (exact) mass is 566 g/mol. The molecule has 0 unspecified atom stereocenters. The number of amides is 2. The molecule has 2 atom stereocenters. The molecule has 2 aliphatic rings. The molecule has 10 heteroatoms. The molecular weight excluding hydrogens is 548 g/mol. The predicted octanol–water partition coefficient (Wildman–Crippen LogP) is 4.78. The Morgan fingerprint density at radius 3 is 2.55 bits per heavy atom. The third-order valence-corrected chi connectivity index (χ3v) is 6.97. The Labute approximate surface area is 201 Å². The minimum absolute atomic E-state index is 0.0640. The van der Waals surface area contributed by atoms with Crippen molar-refractivity contribution in [3.63, 3.8) is 0 Å². The molecule has 0 fully saturated rings. The lowest BCUT2D eigenvalue weighted by molar-refractivity contribution is -0.130. The van der Waals surface area contributed by atoms with E-state index in [-0.39, 0.29) is 11.8 Å². The standard InChI is InChI=1S/C21H20Br2N4O3S/c1-4-16(28)26-15-8-6-5-7-12(15)17-19(29)24-21(31-3)25-27(17)20(26)11-9-13(22)18(30-2)14(23)10-11/h5-10,17,20H,4H2,1-3H3,(H,24,25,29)/t17-,20+/m0/s1. The Hall–Kier alpha value is -2.04. The molecule has 0 aromatic heterocycles. The molecule has 2 aromatic carbocycles. The number of rotatable bonds is 3. The number of nitrogens with zero attached hydrogens (tertiary/aromatic N) is 3. The maximum Gasteiger partial charge on any atom is 0.255 e. The zero-order chi connectivity index (χ0) is 22.3. The van der Waals surface area contributed by atoms with Crippen LogP contribution in [0.25, 0.3) is 0 Å². The summed E-state index contributed by atoms with van der Waals surface area (Å²) in [6, 6.07) is 10.6. The van der Waals surface area contributed by atoms with Gasteiger partial charge in [-0.3, -0.25) is 19.5 Å². The van der Waals surface area contributed by atoms with Gasteiger partial charge in [0.25, 0.3) is 5.91 Å². The second-order valence-corrected chi connectivity index (χ2v) is 9.45. The van der Waals surface area contributed by atoms with Crippen LogP contribution in [0.1, 0.15) is 36.7 Å². The maximum atomic E-state index is 13.2. The van der Waals surface area contributed by atoms with E-state index in [2.05, 4.69) is 37.2 Å². The smallest absolute Gasteiger partial charge is 0.255 e. The fraction of sp³-hybridized carbons (Fsp3) is 0.286. The Morgan fingerprint density at radius 1 is 1.26 bits per heavy atom. The van der Waals surface area contributed by atoms with Crippen molar-refractivity contribution < 1.29 is 14.3 Å². The quantitative estimate of drug-likeness (QED) is 0.577. The van der Waals surface area contributed by atoms with Crippen LogP contribution in [0.2, 0.25) is 0 Å². The summed E-state index contributed by atoms with van der Waals surface area (Å²) in [5, 5.41) is 9.80. The molecule has 31 heavy (non-hydrogen) atoms. The van der Waals surface area contributed by atoms with Gasteiger partial charge in [-0.2, -0.15) is 0 Å². The van der Waals surface area contributed by atoms with Gasteiger partial charge in [0.1, 0.15) is 5.75 Å². The van der Waals surface area contributed by atoms with Crippen molar-refractivity contribution in [2.24, 2.45) is 5.10 Å². The number of halogens is 2. The summed E-state index contributed by atoms with van der Waals surface area (Å²) in [4.78, 5) is 28.1. The van der Waals surface area contributed by atoms with Crippen LogP contribution in [0.15, 0.2) is 50.4 Å². The highest BCUT2D eigenvalue weighted by molar-refractivity contribution is 9.11. The zero-order valence-electron chi connectivity index (χ0n) is 17.1. The first-order chi connectivity index (χ1) is 14.9. The van der Waals surface area contributed by atoms with Crippen molar-refractivity contribution in [2.75, 3.05) is 18.3 Å². The lowest BCUT2D eigenvalue weighted by Crippen LogP contribution is -2.55. The van der Waals surface area contributed by atoms with Crippen molar-refractivity contribution in [2.45, 2.75) is 25.6 Å². The van der Waals surface area contributed by atoms with Crippen molar-refractivity contribution in [3.8, 4) is 5.75 Å². The van der Waals surface area contributed by atoms with Crippen molar-refractivity contribution in [3.05, 3.63) is 56.5 Å². The average molecular weight is 568 g/mol. The van der Waals surface area contributed by atoms with E-state index in [9.17, 15) is 9.59 Å². The molecule has 0 spiro atoms. The second-order valence-electron chi connectivity index (χ2n) is 6.95. The molecule has 2 heterocycles. The molecule has 1 N–H and O–H groups in total. The number of nitrogens with one attached hydrogen (secondary N) is 1. The van der Waals surface area contributed by atoms with Gasteiger partial charge >= 0.3 is 0 Å². The number of carbonyl (C=O) groups is 2. The molecular formula is C21H20Br2N4O3S. The van der Waals surface area contributed by atoms with Crippen LogP contribution in [0.3, 0.4) is 0 Å². The number of thioether (sulfide) groups is 1.